The molecule has 1 aliphatic rings. The summed E-state index contributed by atoms with van der Waals surface area (Å²) >= 11 is 0. The number of ether oxygens (including phenoxy) is 1. The quantitative estimate of drug-likeness (QED) is 0.562. The van der Waals surface area contributed by atoms with Gasteiger partial charge in [0, 0.05) is 25.7 Å². The molecule has 1 amide bonds. The van der Waals surface area contributed by atoms with E-state index in [9.17, 15) is 14.7 Å². The van der Waals surface area contributed by atoms with Crippen LogP contribution in [0.4, 0.5) is 4.79 Å². The molecule has 1 saturated carbocycles. The molecule has 0 aromatic rings. The van der Waals surface area contributed by atoms with E-state index in [2.05, 4.69) is 10.6 Å². The Hall–Kier alpha value is -1.34. The smallest absolute Gasteiger partial charge is 0.407 e. The molecule has 0 spiro atoms. The summed E-state index contributed by atoms with van der Waals surface area (Å²) in [5.41, 5.74) is 4.53. The predicted molar refractivity (Wildman–Crippen MR) is 88.2 cm³/mol. The maximum atomic E-state index is 11.8. The van der Waals surface area contributed by atoms with Gasteiger partial charge in [-0.25, -0.2) is 4.79 Å². The first-order valence-corrected chi connectivity index (χ1v) is 8.28. The highest BCUT2D eigenvalue weighted by Gasteiger charge is 2.37. The lowest BCUT2D eigenvalue weighted by atomic mass is 9.70. The van der Waals surface area contributed by atoms with Gasteiger partial charge in [-0.3, -0.25) is 4.79 Å². The monoisotopic (exact) mass is 329 g/mol. The van der Waals surface area contributed by atoms with Crippen molar-refractivity contribution in [3.05, 3.63) is 0 Å². The van der Waals surface area contributed by atoms with Crippen molar-refractivity contribution in [2.24, 2.45) is 11.1 Å². The molecule has 1 rings (SSSR count). The second kappa shape index (κ2) is 8.49. The van der Waals surface area contributed by atoms with Crippen LogP contribution in [0.2, 0.25) is 0 Å². The normalized spacial score (nSPS) is 25.0. The highest BCUT2D eigenvalue weighted by Crippen LogP contribution is 2.39. The average molecular weight is 329 g/mol. The van der Waals surface area contributed by atoms with Gasteiger partial charge in [0.2, 0.25) is 0 Å². The minimum atomic E-state index is -0.829. The van der Waals surface area contributed by atoms with Crippen molar-refractivity contribution in [1.82, 2.24) is 10.6 Å². The molecule has 0 heterocycles. The number of carbonyl (C=O) groups is 2. The molecule has 0 radical (unpaired) electrons. The van der Waals surface area contributed by atoms with E-state index in [1.165, 1.54) is 0 Å². The summed E-state index contributed by atoms with van der Waals surface area (Å²) in [7, 11) is 0. The predicted octanol–water partition coefficient (Wildman–Crippen LogP) is 1.46. The Kier molecular flexibility index (Phi) is 7.28. The molecule has 1 fully saturated rings. The number of rotatable bonds is 7. The van der Waals surface area contributed by atoms with Crippen LogP contribution in [0, 0.1) is 5.41 Å². The molecule has 0 aliphatic heterocycles. The summed E-state index contributed by atoms with van der Waals surface area (Å²) < 4.78 is 5.23. The second-order valence-corrected chi connectivity index (χ2v) is 7.44. The Bertz CT molecular complexity index is 399. The van der Waals surface area contributed by atoms with Crippen LogP contribution in [-0.2, 0) is 9.53 Å². The minimum Gasteiger partial charge on any atom is -0.481 e. The molecule has 0 saturated heterocycles. The summed E-state index contributed by atoms with van der Waals surface area (Å²) in [6.07, 6.45) is 2.87. The van der Waals surface area contributed by atoms with E-state index in [-0.39, 0.29) is 6.42 Å². The Morgan fingerprint density at radius 1 is 1.30 bits per heavy atom. The molecule has 5 N–H and O–H groups in total. The molecule has 23 heavy (non-hydrogen) atoms. The standard InChI is InChI=1S/C16H31N3O4/c1-15(2,3)23-14(22)19-11-16(10-13(20)21)6-4-12(5-7-16)18-9-8-17/h12,18H,4-11,17H2,1-3H3,(H,19,22)(H,20,21). The maximum absolute atomic E-state index is 11.8. The summed E-state index contributed by atoms with van der Waals surface area (Å²) in [4.78, 5) is 23.1. The Morgan fingerprint density at radius 2 is 1.91 bits per heavy atom. The molecule has 7 heteroatoms. The van der Waals surface area contributed by atoms with Crippen LogP contribution >= 0.6 is 0 Å². The van der Waals surface area contributed by atoms with Gasteiger partial charge in [0.1, 0.15) is 5.60 Å². The molecule has 7 nitrogen and oxygen atoms in total. The van der Waals surface area contributed by atoms with Gasteiger partial charge < -0.3 is 26.2 Å². The molecule has 0 bridgehead atoms. The SMILES string of the molecule is CC(C)(C)OC(=O)NCC1(CC(=O)O)CCC(NCCN)CC1. The molecule has 0 aromatic heterocycles. The molecule has 0 aromatic carbocycles. The van der Waals surface area contributed by atoms with Gasteiger partial charge in [-0.2, -0.15) is 0 Å². The number of amides is 1. The number of alkyl carbamates (subject to hydrolysis) is 1. The highest BCUT2D eigenvalue weighted by molar-refractivity contribution is 5.69. The number of aliphatic carboxylic acids is 1. The van der Waals surface area contributed by atoms with Gasteiger partial charge in [0.05, 0.1) is 6.42 Å². The molecule has 134 valence electrons. The van der Waals surface area contributed by atoms with Crippen LogP contribution in [0.1, 0.15) is 52.9 Å². The van der Waals surface area contributed by atoms with E-state index in [1.807, 2.05) is 0 Å². The topological polar surface area (TPSA) is 114 Å². The van der Waals surface area contributed by atoms with Crippen molar-refractivity contribution in [3.63, 3.8) is 0 Å². The van der Waals surface area contributed by atoms with E-state index in [4.69, 9.17) is 10.5 Å². The largest absolute Gasteiger partial charge is 0.481 e. The van der Waals surface area contributed by atoms with Crippen LogP contribution in [0.3, 0.4) is 0 Å². The van der Waals surface area contributed by atoms with Gasteiger partial charge in [-0.1, -0.05) is 0 Å². The van der Waals surface area contributed by atoms with E-state index in [1.54, 1.807) is 20.8 Å². The number of carboxylic acids is 1. The number of carboxylic acid groups (broad SMARTS) is 1. The first-order valence-electron chi connectivity index (χ1n) is 8.28. The third kappa shape index (κ3) is 7.65. The van der Waals surface area contributed by atoms with Crippen LogP contribution in [0.25, 0.3) is 0 Å². The lowest BCUT2D eigenvalue weighted by molar-refractivity contribution is -0.140. The lowest BCUT2D eigenvalue weighted by Gasteiger charge is -2.39. The first kappa shape index (κ1) is 19.7. The maximum Gasteiger partial charge on any atom is 0.407 e. The molecule has 1 aliphatic carbocycles. The zero-order valence-electron chi connectivity index (χ0n) is 14.5. The number of hydrogen-bond donors (Lipinski definition) is 4. The van der Waals surface area contributed by atoms with Crippen LogP contribution in [-0.4, -0.2) is 48.4 Å². The van der Waals surface area contributed by atoms with Gasteiger partial charge in [-0.05, 0) is 51.9 Å². The number of hydrogen-bond acceptors (Lipinski definition) is 5. The van der Waals surface area contributed by atoms with Crippen LogP contribution in [0.15, 0.2) is 0 Å². The number of carbonyl (C=O) groups excluding carboxylic acids is 1. The van der Waals surface area contributed by atoms with Crippen LogP contribution < -0.4 is 16.4 Å². The van der Waals surface area contributed by atoms with E-state index in [0.29, 0.717) is 19.1 Å². The summed E-state index contributed by atoms with van der Waals surface area (Å²) in [5.74, 6) is -0.829. The third-order valence-electron chi connectivity index (χ3n) is 4.16. The van der Waals surface area contributed by atoms with Gasteiger partial charge in [-0.15, -0.1) is 0 Å². The average Bonchev–Trinajstić information content (AvgIpc) is 2.42. The third-order valence-corrected chi connectivity index (χ3v) is 4.16. The van der Waals surface area contributed by atoms with Crippen molar-refractivity contribution in [2.45, 2.75) is 64.5 Å². The van der Waals surface area contributed by atoms with Gasteiger partial charge in [0.25, 0.3) is 0 Å². The highest BCUT2D eigenvalue weighted by atomic mass is 16.6. The molecule has 0 atom stereocenters. The Labute approximate surface area is 138 Å². The van der Waals surface area contributed by atoms with E-state index < -0.39 is 23.1 Å². The van der Waals surface area contributed by atoms with Crippen LogP contribution in [0.5, 0.6) is 0 Å². The Balaban J connectivity index is 2.56. The Morgan fingerprint density at radius 3 is 2.39 bits per heavy atom. The van der Waals surface area contributed by atoms with E-state index >= 15 is 0 Å². The molecule has 0 unspecified atom stereocenters. The zero-order chi connectivity index (χ0) is 17.5. The van der Waals surface area contributed by atoms with E-state index in [0.717, 1.165) is 32.2 Å². The fourth-order valence-electron chi connectivity index (χ4n) is 3.03. The van der Waals surface area contributed by atoms with Crippen molar-refractivity contribution in [2.75, 3.05) is 19.6 Å². The molecular weight excluding hydrogens is 298 g/mol. The van der Waals surface area contributed by atoms with Crippen molar-refractivity contribution in [1.29, 1.82) is 0 Å². The van der Waals surface area contributed by atoms with Crippen molar-refractivity contribution in [3.8, 4) is 0 Å². The number of nitrogens with one attached hydrogen (secondary N) is 2. The van der Waals surface area contributed by atoms with Gasteiger partial charge in [0.15, 0.2) is 0 Å². The number of nitrogens with two attached hydrogens (primary N) is 1. The van der Waals surface area contributed by atoms with Crippen molar-refractivity contribution >= 4 is 12.1 Å². The second-order valence-electron chi connectivity index (χ2n) is 7.44. The summed E-state index contributed by atoms with van der Waals surface area (Å²) in [5, 5.41) is 15.3. The minimum absolute atomic E-state index is 0.0619. The molecular formula is C16H31N3O4. The fraction of sp³-hybridized carbons (Fsp3) is 0.875. The summed E-state index contributed by atoms with van der Waals surface area (Å²) in [6.45, 7) is 7.09. The van der Waals surface area contributed by atoms with Gasteiger partial charge >= 0.3 is 12.1 Å². The fourth-order valence-corrected chi connectivity index (χ4v) is 3.03. The zero-order valence-corrected chi connectivity index (χ0v) is 14.5. The lowest BCUT2D eigenvalue weighted by Crippen LogP contribution is -2.46. The first-order chi connectivity index (χ1) is 10.7. The summed E-state index contributed by atoms with van der Waals surface area (Å²) in [6, 6.07) is 0.377. The van der Waals surface area contributed by atoms with Crippen molar-refractivity contribution < 1.29 is 19.4 Å².